The topological polar surface area (TPSA) is 27.1 Å². The summed E-state index contributed by atoms with van der Waals surface area (Å²) >= 11 is 0. The molecule has 0 aliphatic rings. The van der Waals surface area contributed by atoms with E-state index >= 15 is 0 Å². The smallest absolute Gasteiger partial charge is 0.124 e. The fraction of sp³-hybridized carbons (Fsp3) is 0.400. The van der Waals surface area contributed by atoms with E-state index in [-0.39, 0.29) is 0 Å². The molecule has 1 aromatic carbocycles. The molecule has 96 valence electrons. The molecule has 0 N–H and O–H groups in total. The van der Waals surface area contributed by atoms with Crippen LogP contribution in [0.5, 0.6) is 5.75 Å². The zero-order valence-electron chi connectivity index (χ0n) is 11.5. The largest absolute Gasteiger partial charge is 0.496 e. The van der Waals surface area contributed by atoms with Crippen LogP contribution in [-0.4, -0.2) is 16.9 Å². The van der Waals surface area contributed by atoms with Gasteiger partial charge in [-0.15, -0.1) is 0 Å². The second kappa shape index (κ2) is 5.25. The lowest BCUT2D eigenvalue weighted by molar-refractivity contribution is 0.406. The fourth-order valence-corrected chi connectivity index (χ4v) is 1.98. The van der Waals surface area contributed by atoms with Gasteiger partial charge in [0.25, 0.3) is 0 Å². The van der Waals surface area contributed by atoms with E-state index in [1.54, 1.807) is 7.11 Å². The molecule has 0 aliphatic carbocycles. The van der Waals surface area contributed by atoms with Gasteiger partial charge in [-0.2, -0.15) is 5.10 Å². The van der Waals surface area contributed by atoms with Crippen molar-refractivity contribution in [3.8, 4) is 5.75 Å². The van der Waals surface area contributed by atoms with Gasteiger partial charge in [0, 0.05) is 11.8 Å². The van der Waals surface area contributed by atoms with Crippen molar-refractivity contribution in [2.75, 3.05) is 7.11 Å². The van der Waals surface area contributed by atoms with Gasteiger partial charge in [0.1, 0.15) is 5.75 Å². The van der Waals surface area contributed by atoms with Crippen molar-refractivity contribution in [1.82, 2.24) is 9.78 Å². The number of hydrogen-bond acceptors (Lipinski definition) is 2. The van der Waals surface area contributed by atoms with E-state index in [0.717, 1.165) is 17.9 Å². The molecule has 2 rings (SSSR count). The molecule has 1 heterocycles. The Hall–Kier alpha value is -1.77. The Morgan fingerprint density at radius 3 is 2.67 bits per heavy atom. The highest BCUT2D eigenvalue weighted by atomic mass is 16.5. The number of nitrogens with zero attached hydrogens (tertiary/aromatic N) is 2. The SMILES string of the molecule is COc1cc(C(C)C)ccc1Cn1cc(C)cn1. The molecule has 18 heavy (non-hydrogen) atoms. The summed E-state index contributed by atoms with van der Waals surface area (Å²) in [4.78, 5) is 0. The lowest BCUT2D eigenvalue weighted by Gasteiger charge is -2.12. The van der Waals surface area contributed by atoms with Crippen molar-refractivity contribution >= 4 is 0 Å². The highest BCUT2D eigenvalue weighted by molar-refractivity contribution is 5.38. The second-order valence-electron chi connectivity index (χ2n) is 4.94. The standard InChI is InChI=1S/C15H20N2O/c1-11(2)13-5-6-14(15(7-13)18-4)10-17-9-12(3)8-16-17/h5-9,11H,10H2,1-4H3. The average molecular weight is 244 g/mol. The number of ether oxygens (including phenoxy) is 1. The molecule has 0 spiro atoms. The Bertz CT molecular complexity index is 529. The Labute approximate surface area is 108 Å². The van der Waals surface area contributed by atoms with Gasteiger partial charge in [-0.3, -0.25) is 4.68 Å². The molecule has 1 aromatic heterocycles. The summed E-state index contributed by atoms with van der Waals surface area (Å²) in [5, 5.41) is 4.31. The number of benzene rings is 1. The van der Waals surface area contributed by atoms with E-state index in [0.29, 0.717) is 5.92 Å². The Morgan fingerprint density at radius 2 is 2.11 bits per heavy atom. The first-order valence-corrected chi connectivity index (χ1v) is 6.26. The fourth-order valence-electron chi connectivity index (χ4n) is 1.98. The molecule has 0 amide bonds. The monoisotopic (exact) mass is 244 g/mol. The van der Waals surface area contributed by atoms with Crippen molar-refractivity contribution in [3.63, 3.8) is 0 Å². The van der Waals surface area contributed by atoms with Crippen LogP contribution in [0.15, 0.2) is 30.6 Å². The summed E-state index contributed by atoms with van der Waals surface area (Å²) in [6, 6.07) is 6.42. The molecule has 0 unspecified atom stereocenters. The van der Waals surface area contributed by atoms with Gasteiger partial charge in [0.15, 0.2) is 0 Å². The highest BCUT2D eigenvalue weighted by Gasteiger charge is 2.07. The van der Waals surface area contributed by atoms with Crippen LogP contribution in [0.1, 0.15) is 36.5 Å². The summed E-state index contributed by atoms with van der Waals surface area (Å²) in [6.45, 7) is 7.16. The molecular formula is C15H20N2O. The van der Waals surface area contributed by atoms with Crippen LogP contribution in [0, 0.1) is 6.92 Å². The molecule has 0 bridgehead atoms. The molecule has 0 saturated carbocycles. The van der Waals surface area contributed by atoms with Crippen molar-refractivity contribution in [2.24, 2.45) is 0 Å². The Morgan fingerprint density at radius 1 is 1.33 bits per heavy atom. The molecule has 0 radical (unpaired) electrons. The summed E-state index contributed by atoms with van der Waals surface area (Å²) < 4.78 is 7.41. The number of rotatable bonds is 4. The molecule has 0 aliphatic heterocycles. The molecule has 2 aromatic rings. The van der Waals surface area contributed by atoms with Crippen LogP contribution in [0.2, 0.25) is 0 Å². The third kappa shape index (κ3) is 2.73. The minimum atomic E-state index is 0.514. The van der Waals surface area contributed by atoms with E-state index in [1.165, 1.54) is 11.1 Å². The van der Waals surface area contributed by atoms with Crippen molar-refractivity contribution in [2.45, 2.75) is 33.2 Å². The minimum absolute atomic E-state index is 0.514. The van der Waals surface area contributed by atoms with Gasteiger partial charge in [-0.05, 0) is 30.0 Å². The second-order valence-corrected chi connectivity index (χ2v) is 4.94. The first-order valence-electron chi connectivity index (χ1n) is 6.26. The maximum absolute atomic E-state index is 5.47. The lowest BCUT2D eigenvalue weighted by Crippen LogP contribution is -2.03. The quantitative estimate of drug-likeness (QED) is 0.824. The molecule has 0 saturated heterocycles. The number of aryl methyl sites for hydroxylation is 1. The van der Waals surface area contributed by atoms with Gasteiger partial charge in [-0.25, -0.2) is 0 Å². The van der Waals surface area contributed by atoms with E-state index < -0.39 is 0 Å². The van der Waals surface area contributed by atoms with Gasteiger partial charge >= 0.3 is 0 Å². The maximum Gasteiger partial charge on any atom is 0.124 e. The van der Waals surface area contributed by atoms with Crippen molar-refractivity contribution < 1.29 is 4.74 Å². The summed E-state index contributed by atoms with van der Waals surface area (Å²) in [7, 11) is 1.72. The molecule has 0 atom stereocenters. The summed E-state index contributed by atoms with van der Waals surface area (Å²) in [5.74, 6) is 1.45. The Kier molecular flexibility index (Phi) is 3.70. The first-order chi connectivity index (χ1) is 8.60. The summed E-state index contributed by atoms with van der Waals surface area (Å²) in [5.41, 5.74) is 3.63. The van der Waals surface area contributed by atoms with Crippen molar-refractivity contribution in [3.05, 3.63) is 47.3 Å². The average Bonchev–Trinajstić information content (AvgIpc) is 2.75. The summed E-state index contributed by atoms with van der Waals surface area (Å²) in [6.07, 6.45) is 3.91. The van der Waals surface area contributed by atoms with Gasteiger partial charge in [0.05, 0.1) is 19.9 Å². The highest BCUT2D eigenvalue weighted by Crippen LogP contribution is 2.25. The molecule has 0 fully saturated rings. The number of aromatic nitrogens is 2. The number of hydrogen-bond donors (Lipinski definition) is 0. The van der Waals surface area contributed by atoms with Gasteiger partial charge in [-0.1, -0.05) is 26.0 Å². The predicted octanol–water partition coefficient (Wildman–Crippen LogP) is 3.37. The van der Waals surface area contributed by atoms with Crippen LogP contribution in [-0.2, 0) is 6.54 Å². The molecule has 3 nitrogen and oxygen atoms in total. The van der Waals surface area contributed by atoms with Crippen molar-refractivity contribution in [1.29, 1.82) is 0 Å². The van der Waals surface area contributed by atoms with Gasteiger partial charge < -0.3 is 4.74 Å². The van der Waals surface area contributed by atoms with E-state index in [1.807, 2.05) is 24.0 Å². The zero-order valence-corrected chi connectivity index (χ0v) is 11.5. The van der Waals surface area contributed by atoms with E-state index in [9.17, 15) is 0 Å². The van der Waals surface area contributed by atoms with Crippen LogP contribution in [0.4, 0.5) is 0 Å². The molecule has 3 heteroatoms. The minimum Gasteiger partial charge on any atom is -0.496 e. The maximum atomic E-state index is 5.47. The van der Waals surface area contributed by atoms with E-state index in [4.69, 9.17) is 4.74 Å². The predicted molar refractivity (Wildman–Crippen MR) is 73.1 cm³/mol. The molecular weight excluding hydrogens is 224 g/mol. The first kappa shape index (κ1) is 12.7. The Balaban J connectivity index is 2.27. The van der Waals surface area contributed by atoms with E-state index in [2.05, 4.69) is 37.1 Å². The normalized spacial score (nSPS) is 10.9. The van der Waals surface area contributed by atoms with Crippen LogP contribution in [0.3, 0.4) is 0 Å². The van der Waals surface area contributed by atoms with Crippen LogP contribution >= 0.6 is 0 Å². The third-order valence-electron chi connectivity index (χ3n) is 3.07. The van der Waals surface area contributed by atoms with Crippen LogP contribution in [0.25, 0.3) is 0 Å². The van der Waals surface area contributed by atoms with Crippen LogP contribution < -0.4 is 4.74 Å². The third-order valence-corrected chi connectivity index (χ3v) is 3.07. The van der Waals surface area contributed by atoms with Gasteiger partial charge in [0.2, 0.25) is 0 Å². The zero-order chi connectivity index (χ0) is 13.1. The lowest BCUT2D eigenvalue weighted by atomic mass is 10.0. The number of methoxy groups -OCH3 is 1.